The minimum atomic E-state index is -4.34. The van der Waals surface area contributed by atoms with Gasteiger partial charge >= 0.3 is 6.18 Å². The molecule has 0 bridgehead atoms. The first-order chi connectivity index (χ1) is 9.98. The molecule has 0 saturated heterocycles. The van der Waals surface area contributed by atoms with Gasteiger partial charge in [0, 0.05) is 25.5 Å². The van der Waals surface area contributed by atoms with E-state index in [1.165, 1.54) is 6.07 Å². The van der Waals surface area contributed by atoms with Crippen molar-refractivity contribution in [1.29, 1.82) is 0 Å². The van der Waals surface area contributed by atoms with Gasteiger partial charge in [-0.1, -0.05) is 12.1 Å². The molecule has 1 aromatic carbocycles. The fraction of sp³-hybridized carbons (Fsp3) is 0.333. The number of rotatable bonds is 6. The third-order valence-corrected chi connectivity index (χ3v) is 2.94. The Balaban J connectivity index is 1.99. The van der Waals surface area contributed by atoms with Gasteiger partial charge in [-0.2, -0.15) is 13.2 Å². The number of anilines is 1. The van der Waals surface area contributed by atoms with Crippen molar-refractivity contribution in [1.82, 2.24) is 4.57 Å². The van der Waals surface area contributed by atoms with Crippen molar-refractivity contribution in [3.8, 4) is 5.75 Å². The lowest BCUT2D eigenvalue weighted by Gasteiger charge is -2.14. The Bertz CT molecular complexity index is 578. The quantitative estimate of drug-likeness (QED) is 0.870. The van der Waals surface area contributed by atoms with Crippen molar-refractivity contribution in [3.63, 3.8) is 0 Å². The summed E-state index contributed by atoms with van der Waals surface area (Å²) >= 11 is 0. The van der Waals surface area contributed by atoms with Gasteiger partial charge in [0.05, 0.1) is 5.69 Å². The first-order valence-corrected chi connectivity index (χ1v) is 6.65. The number of aryl methyl sites for hydroxylation is 1. The summed E-state index contributed by atoms with van der Waals surface area (Å²) in [5.41, 5.74) is 1.61. The molecule has 0 spiro atoms. The third kappa shape index (κ3) is 4.73. The van der Waals surface area contributed by atoms with Gasteiger partial charge in [-0.15, -0.1) is 0 Å². The zero-order valence-corrected chi connectivity index (χ0v) is 11.7. The maximum Gasteiger partial charge on any atom is 0.422 e. The SMILES string of the molecule is CCn1ccc(CNc2ccccc2OCC(F)(F)F)c1. The van der Waals surface area contributed by atoms with E-state index in [0.29, 0.717) is 12.2 Å². The summed E-state index contributed by atoms with van der Waals surface area (Å²) in [6.45, 7) is 2.15. The molecule has 3 nitrogen and oxygen atoms in total. The van der Waals surface area contributed by atoms with E-state index in [-0.39, 0.29) is 5.75 Å². The third-order valence-electron chi connectivity index (χ3n) is 2.94. The molecule has 6 heteroatoms. The standard InChI is InChI=1S/C15H17F3N2O/c1-2-20-8-7-12(10-20)9-19-13-5-3-4-6-14(13)21-11-15(16,17)18/h3-8,10,19H,2,9,11H2,1H3. The van der Waals surface area contributed by atoms with Crippen LogP contribution in [0.4, 0.5) is 18.9 Å². The number of nitrogens with one attached hydrogen (secondary N) is 1. The zero-order valence-electron chi connectivity index (χ0n) is 11.7. The molecule has 0 saturated carbocycles. The largest absolute Gasteiger partial charge is 0.482 e. The number of halogens is 3. The molecule has 0 amide bonds. The van der Waals surface area contributed by atoms with Crippen LogP contribution in [-0.2, 0) is 13.1 Å². The summed E-state index contributed by atoms with van der Waals surface area (Å²) in [6, 6.07) is 8.58. The second kappa shape index (κ2) is 6.56. The minimum Gasteiger partial charge on any atom is -0.482 e. The summed E-state index contributed by atoms with van der Waals surface area (Å²) < 4.78 is 43.5. The minimum absolute atomic E-state index is 0.199. The Morgan fingerprint density at radius 1 is 1.19 bits per heavy atom. The van der Waals surface area contributed by atoms with Crippen LogP contribution in [0.2, 0.25) is 0 Å². The van der Waals surface area contributed by atoms with Gasteiger partial charge in [0.1, 0.15) is 5.75 Å². The Morgan fingerprint density at radius 2 is 1.95 bits per heavy atom. The van der Waals surface area contributed by atoms with Crippen LogP contribution >= 0.6 is 0 Å². The first-order valence-electron chi connectivity index (χ1n) is 6.65. The monoisotopic (exact) mass is 298 g/mol. The molecule has 0 radical (unpaired) electrons. The lowest BCUT2D eigenvalue weighted by Crippen LogP contribution is -2.19. The molecule has 1 N–H and O–H groups in total. The number of hydrogen-bond acceptors (Lipinski definition) is 2. The van der Waals surface area contributed by atoms with Crippen molar-refractivity contribution in [2.75, 3.05) is 11.9 Å². The Kier molecular flexibility index (Phi) is 4.77. The molecule has 0 aliphatic rings. The molecule has 0 atom stereocenters. The van der Waals surface area contributed by atoms with Gasteiger partial charge in [-0.05, 0) is 30.7 Å². The van der Waals surface area contributed by atoms with Gasteiger partial charge in [-0.3, -0.25) is 0 Å². The Labute approximate surface area is 121 Å². The average molecular weight is 298 g/mol. The molecule has 114 valence electrons. The highest BCUT2D eigenvalue weighted by Gasteiger charge is 2.28. The van der Waals surface area contributed by atoms with Crippen molar-refractivity contribution < 1.29 is 17.9 Å². The summed E-state index contributed by atoms with van der Waals surface area (Å²) in [6.07, 6.45) is -0.388. The van der Waals surface area contributed by atoms with Gasteiger partial charge in [0.25, 0.3) is 0 Å². The van der Waals surface area contributed by atoms with Crippen molar-refractivity contribution in [2.45, 2.75) is 26.2 Å². The van der Waals surface area contributed by atoms with Crippen LogP contribution in [0.25, 0.3) is 0 Å². The predicted molar refractivity (Wildman–Crippen MR) is 75.4 cm³/mol. The van der Waals surface area contributed by atoms with Crippen molar-refractivity contribution in [2.24, 2.45) is 0 Å². The number of ether oxygens (including phenoxy) is 1. The zero-order chi connectivity index (χ0) is 15.3. The summed E-state index contributed by atoms with van der Waals surface area (Å²) in [4.78, 5) is 0. The molecule has 21 heavy (non-hydrogen) atoms. The van der Waals surface area contributed by atoms with E-state index in [1.807, 2.05) is 30.0 Å². The van der Waals surface area contributed by atoms with Crippen molar-refractivity contribution >= 4 is 5.69 Å². The van der Waals surface area contributed by atoms with E-state index in [9.17, 15) is 13.2 Å². The van der Waals surface area contributed by atoms with E-state index < -0.39 is 12.8 Å². The number of alkyl halides is 3. The lowest BCUT2D eigenvalue weighted by molar-refractivity contribution is -0.153. The van der Waals surface area contributed by atoms with Crippen LogP contribution in [0.3, 0.4) is 0 Å². The fourth-order valence-corrected chi connectivity index (χ4v) is 1.89. The molecule has 2 rings (SSSR count). The Hall–Kier alpha value is -2.11. The summed E-state index contributed by atoms with van der Waals surface area (Å²) in [5.74, 6) is 0.199. The smallest absolute Gasteiger partial charge is 0.422 e. The molecule has 1 heterocycles. The topological polar surface area (TPSA) is 26.2 Å². The molecule has 0 fully saturated rings. The molecule has 0 unspecified atom stereocenters. The second-order valence-electron chi connectivity index (χ2n) is 4.60. The van der Waals surface area contributed by atoms with Gasteiger partial charge < -0.3 is 14.6 Å². The number of aromatic nitrogens is 1. The van der Waals surface area contributed by atoms with E-state index in [0.717, 1.165) is 12.1 Å². The van der Waals surface area contributed by atoms with Crippen LogP contribution in [0, 0.1) is 0 Å². The molecule has 2 aromatic rings. The van der Waals surface area contributed by atoms with Crippen LogP contribution in [0.5, 0.6) is 5.75 Å². The van der Waals surface area contributed by atoms with Gasteiger partial charge in [0.2, 0.25) is 0 Å². The molecule has 0 aliphatic carbocycles. The number of para-hydroxylation sites is 2. The van der Waals surface area contributed by atoms with Gasteiger partial charge in [-0.25, -0.2) is 0 Å². The number of benzene rings is 1. The number of nitrogens with zero attached hydrogens (tertiary/aromatic N) is 1. The van der Waals surface area contributed by atoms with E-state index in [2.05, 4.69) is 5.32 Å². The first kappa shape index (κ1) is 15.3. The average Bonchev–Trinajstić information content (AvgIpc) is 2.91. The predicted octanol–water partition coefficient (Wildman–Crippen LogP) is 4.06. The van der Waals surface area contributed by atoms with E-state index in [4.69, 9.17) is 4.74 Å². The normalized spacial score (nSPS) is 11.4. The molecule has 1 aromatic heterocycles. The molecular formula is C15H17F3N2O. The maximum absolute atomic E-state index is 12.2. The van der Waals surface area contributed by atoms with Crippen LogP contribution in [0.15, 0.2) is 42.7 Å². The number of hydrogen-bond donors (Lipinski definition) is 1. The highest BCUT2D eigenvalue weighted by molar-refractivity contribution is 5.56. The highest BCUT2D eigenvalue weighted by atomic mass is 19.4. The van der Waals surface area contributed by atoms with Crippen LogP contribution in [0.1, 0.15) is 12.5 Å². The van der Waals surface area contributed by atoms with E-state index in [1.54, 1.807) is 18.2 Å². The summed E-state index contributed by atoms with van der Waals surface area (Å²) in [7, 11) is 0. The van der Waals surface area contributed by atoms with Gasteiger partial charge in [0.15, 0.2) is 6.61 Å². The van der Waals surface area contributed by atoms with Crippen molar-refractivity contribution in [3.05, 3.63) is 48.3 Å². The molecule has 0 aliphatic heterocycles. The summed E-state index contributed by atoms with van der Waals surface area (Å²) in [5, 5.41) is 3.10. The highest BCUT2D eigenvalue weighted by Crippen LogP contribution is 2.26. The maximum atomic E-state index is 12.2. The lowest BCUT2D eigenvalue weighted by atomic mass is 10.2. The van der Waals surface area contributed by atoms with Crippen LogP contribution in [-0.4, -0.2) is 17.4 Å². The van der Waals surface area contributed by atoms with E-state index >= 15 is 0 Å². The Morgan fingerprint density at radius 3 is 2.62 bits per heavy atom. The second-order valence-corrected chi connectivity index (χ2v) is 4.60. The molecular weight excluding hydrogens is 281 g/mol. The van der Waals surface area contributed by atoms with Crippen LogP contribution < -0.4 is 10.1 Å². The fourth-order valence-electron chi connectivity index (χ4n) is 1.89.